The van der Waals surface area contributed by atoms with Crippen LogP contribution in [0.2, 0.25) is 5.02 Å². The third-order valence-electron chi connectivity index (χ3n) is 7.36. The van der Waals surface area contributed by atoms with Gasteiger partial charge in [0.15, 0.2) is 0 Å². The zero-order chi connectivity index (χ0) is 29.9. The lowest BCUT2D eigenvalue weighted by Crippen LogP contribution is -2.43. The smallest absolute Gasteiger partial charge is 0.330 e. The van der Waals surface area contributed by atoms with E-state index in [-0.39, 0.29) is 24.6 Å². The van der Waals surface area contributed by atoms with Crippen molar-refractivity contribution in [2.24, 2.45) is 11.7 Å². The van der Waals surface area contributed by atoms with Crippen molar-refractivity contribution in [3.05, 3.63) is 104 Å². The van der Waals surface area contributed by atoms with E-state index in [1.54, 1.807) is 22.5 Å². The first-order valence-corrected chi connectivity index (χ1v) is 13.9. The number of aromatic nitrogens is 3. The van der Waals surface area contributed by atoms with Gasteiger partial charge in [-0.3, -0.25) is 9.36 Å². The second-order valence-corrected chi connectivity index (χ2v) is 10.5. The highest BCUT2D eigenvalue weighted by atomic mass is 35.5. The van der Waals surface area contributed by atoms with Crippen LogP contribution in [0.15, 0.2) is 65.5 Å². The van der Waals surface area contributed by atoms with Crippen LogP contribution in [-0.4, -0.2) is 38.1 Å². The number of aryl methyl sites for hydroxylation is 1. The molecular formula is C30H33ClF3N5O2. The second-order valence-electron chi connectivity index (χ2n) is 10.2. The molecule has 2 N–H and O–H groups in total. The maximum Gasteiger partial charge on any atom is 0.416 e. The molecule has 0 fully saturated rings. The van der Waals surface area contributed by atoms with Gasteiger partial charge in [-0.05, 0) is 61.7 Å². The summed E-state index contributed by atoms with van der Waals surface area (Å²) in [6, 6.07) is 14.8. The molecular weight excluding hydrogens is 555 g/mol. The maximum atomic E-state index is 14.0. The Kier molecular flexibility index (Phi) is 9.24. The molecule has 0 radical (unpaired) electrons. The number of nitrogens with zero attached hydrogens (tertiary/aromatic N) is 4. The van der Waals surface area contributed by atoms with Crippen molar-refractivity contribution >= 4 is 23.0 Å². The average molecular weight is 588 g/mol. The van der Waals surface area contributed by atoms with Gasteiger partial charge in [-0.2, -0.15) is 22.8 Å². The highest BCUT2D eigenvalue weighted by molar-refractivity contribution is 6.34. The first-order valence-electron chi connectivity index (χ1n) is 13.5. The molecule has 2 unspecified atom stereocenters. The Labute approximate surface area is 241 Å². The normalized spacial score (nSPS) is 13.4. The number of rotatable bonds is 10. The summed E-state index contributed by atoms with van der Waals surface area (Å²) < 4.78 is 42.5. The molecule has 0 aliphatic heterocycles. The Balaban J connectivity index is 1.93. The first kappa shape index (κ1) is 30.3. The molecule has 0 bridgehead atoms. The Bertz CT molecular complexity index is 1570. The van der Waals surface area contributed by atoms with Gasteiger partial charge in [0, 0.05) is 17.8 Å². The van der Waals surface area contributed by atoms with Crippen LogP contribution in [0.4, 0.5) is 13.2 Å². The van der Waals surface area contributed by atoms with E-state index in [0.717, 1.165) is 17.7 Å². The summed E-state index contributed by atoms with van der Waals surface area (Å²) >= 11 is 6.57. The van der Waals surface area contributed by atoms with Gasteiger partial charge in [0.2, 0.25) is 0 Å². The molecule has 2 heterocycles. The summed E-state index contributed by atoms with van der Waals surface area (Å²) in [5, 5.41) is 4.68. The van der Waals surface area contributed by atoms with Crippen molar-refractivity contribution < 1.29 is 18.0 Å². The standard InChI is InChI=1S/C30H33ClF3N5O2/c1-4-19(2)27(37(16-8-15-35)28(40)22-11-13-23(14-12-22)30(32,33)34)25-17-24-26(31)20(3)36-39(24)29(41)38(25)18-21-9-6-5-7-10-21/h5-7,9-14,17,19,27H,4,8,15-16,18,35H2,1-3H3. The van der Waals surface area contributed by atoms with Crippen molar-refractivity contribution in [3.63, 3.8) is 0 Å². The third kappa shape index (κ3) is 6.33. The minimum atomic E-state index is -4.52. The Morgan fingerprint density at radius 3 is 2.37 bits per heavy atom. The summed E-state index contributed by atoms with van der Waals surface area (Å²) in [4.78, 5) is 29.5. The lowest BCUT2D eigenvalue weighted by Gasteiger charge is -2.37. The van der Waals surface area contributed by atoms with E-state index in [1.165, 1.54) is 16.6 Å². The number of carbonyl (C=O) groups excluding carboxylic acids is 1. The van der Waals surface area contributed by atoms with Gasteiger partial charge in [-0.25, -0.2) is 4.79 Å². The molecule has 0 aliphatic rings. The molecule has 41 heavy (non-hydrogen) atoms. The first-order chi connectivity index (χ1) is 19.5. The summed E-state index contributed by atoms with van der Waals surface area (Å²) in [7, 11) is 0. The van der Waals surface area contributed by atoms with Crippen LogP contribution < -0.4 is 11.4 Å². The second kappa shape index (κ2) is 12.5. The van der Waals surface area contributed by atoms with Gasteiger partial charge in [-0.15, -0.1) is 0 Å². The van der Waals surface area contributed by atoms with Crippen LogP contribution in [0.25, 0.3) is 5.52 Å². The molecule has 7 nitrogen and oxygen atoms in total. The minimum Gasteiger partial charge on any atom is -0.330 e. The van der Waals surface area contributed by atoms with Gasteiger partial charge in [-0.1, -0.05) is 62.2 Å². The van der Waals surface area contributed by atoms with Gasteiger partial charge < -0.3 is 10.6 Å². The molecule has 11 heteroatoms. The zero-order valence-corrected chi connectivity index (χ0v) is 23.9. The fourth-order valence-corrected chi connectivity index (χ4v) is 5.16. The molecule has 0 saturated heterocycles. The quantitative estimate of drug-likeness (QED) is 0.243. The lowest BCUT2D eigenvalue weighted by molar-refractivity contribution is -0.137. The van der Waals surface area contributed by atoms with E-state index in [1.807, 2.05) is 44.2 Å². The summed E-state index contributed by atoms with van der Waals surface area (Å²) in [6.45, 7) is 6.42. The molecule has 0 spiro atoms. The Morgan fingerprint density at radius 1 is 1.12 bits per heavy atom. The molecule has 2 aromatic carbocycles. The number of benzene rings is 2. The van der Waals surface area contributed by atoms with Gasteiger partial charge >= 0.3 is 11.9 Å². The monoisotopic (exact) mass is 587 g/mol. The van der Waals surface area contributed by atoms with Crippen LogP contribution in [0.5, 0.6) is 0 Å². The number of alkyl halides is 3. The Morgan fingerprint density at radius 2 is 1.78 bits per heavy atom. The Hall–Kier alpha value is -3.63. The number of hydrogen-bond donors (Lipinski definition) is 1. The van der Waals surface area contributed by atoms with Gasteiger partial charge in [0.25, 0.3) is 5.91 Å². The van der Waals surface area contributed by atoms with E-state index in [0.29, 0.717) is 41.3 Å². The average Bonchev–Trinajstić information content (AvgIpc) is 3.25. The van der Waals surface area contributed by atoms with Gasteiger partial charge in [0.05, 0.1) is 34.4 Å². The predicted octanol–water partition coefficient (Wildman–Crippen LogP) is 6.10. The van der Waals surface area contributed by atoms with E-state index < -0.39 is 29.4 Å². The van der Waals surface area contributed by atoms with E-state index in [9.17, 15) is 22.8 Å². The molecule has 2 aromatic heterocycles. The molecule has 0 aliphatic carbocycles. The minimum absolute atomic E-state index is 0.111. The van der Waals surface area contributed by atoms with Crippen LogP contribution >= 0.6 is 11.6 Å². The van der Waals surface area contributed by atoms with E-state index in [2.05, 4.69) is 5.10 Å². The highest BCUT2D eigenvalue weighted by Gasteiger charge is 2.34. The highest BCUT2D eigenvalue weighted by Crippen LogP contribution is 2.35. The SMILES string of the molecule is CCC(C)C(c1cc2c(Cl)c(C)nn2c(=O)n1Cc1ccccc1)N(CCCN)C(=O)c1ccc(C(F)(F)F)cc1. The van der Waals surface area contributed by atoms with Gasteiger partial charge in [0.1, 0.15) is 0 Å². The summed E-state index contributed by atoms with van der Waals surface area (Å²) in [5.74, 6) is -0.593. The van der Waals surface area contributed by atoms with E-state index in [4.69, 9.17) is 17.3 Å². The topological polar surface area (TPSA) is 85.6 Å². The van der Waals surface area contributed by atoms with Crippen molar-refractivity contribution in [2.45, 2.75) is 52.4 Å². The fraction of sp³-hybridized carbons (Fsp3) is 0.367. The molecule has 218 valence electrons. The number of fused-ring (bicyclic) bond motifs is 1. The van der Waals surface area contributed by atoms with Crippen molar-refractivity contribution in [1.82, 2.24) is 19.1 Å². The fourth-order valence-electron chi connectivity index (χ4n) is 4.99. The van der Waals surface area contributed by atoms with Crippen LogP contribution in [0.1, 0.15) is 65.6 Å². The van der Waals surface area contributed by atoms with Crippen LogP contribution in [0.3, 0.4) is 0 Å². The summed E-state index contributed by atoms with van der Waals surface area (Å²) in [6.07, 6.45) is -3.41. The molecule has 1 amide bonds. The van der Waals surface area contributed by atoms with Crippen molar-refractivity contribution in [3.8, 4) is 0 Å². The molecule has 0 saturated carbocycles. The summed E-state index contributed by atoms with van der Waals surface area (Å²) in [5.41, 5.74) is 7.04. The van der Waals surface area contributed by atoms with Crippen LogP contribution in [-0.2, 0) is 12.7 Å². The van der Waals surface area contributed by atoms with Crippen LogP contribution in [0, 0.1) is 12.8 Å². The number of halogens is 4. The molecule has 4 rings (SSSR count). The molecule has 2 atom stereocenters. The molecule has 4 aromatic rings. The third-order valence-corrected chi connectivity index (χ3v) is 7.82. The number of hydrogen-bond acceptors (Lipinski definition) is 4. The van der Waals surface area contributed by atoms with E-state index >= 15 is 0 Å². The lowest BCUT2D eigenvalue weighted by atomic mass is 9.92. The number of carbonyl (C=O) groups is 1. The van der Waals surface area contributed by atoms with Crippen molar-refractivity contribution in [2.75, 3.05) is 13.1 Å². The number of nitrogens with two attached hydrogens (primary N) is 1. The maximum absolute atomic E-state index is 14.0. The largest absolute Gasteiger partial charge is 0.416 e. The zero-order valence-electron chi connectivity index (χ0n) is 23.2. The van der Waals surface area contributed by atoms with Crippen molar-refractivity contribution in [1.29, 1.82) is 0 Å². The predicted molar refractivity (Wildman–Crippen MR) is 153 cm³/mol. The number of amides is 1.